The fourth-order valence-electron chi connectivity index (χ4n) is 2.24. The first-order valence-corrected chi connectivity index (χ1v) is 7.87. The van der Waals surface area contributed by atoms with Gasteiger partial charge >= 0.3 is 0 Å². The molecule has 0 aromatic carbocycles. The second kappa shape index (κ2) is 3.54. The summed E-state index contributed by atoms with van der Waals surface area (Å²) in [6.07, 6.45) is 6.08. The minimum Gasteiger partial charge on any atom is -0.342 e. The molecule has 0 bridgehead atoms. The summed E-state index contributed by atoms with van der Waals surface area (Å²) < 4.78 is 6.33. The van der Waals surface area contributed by atoms with Crippen LogP contribution in [-0.4, -0.2) is 26.5 Å². The van der Waals surface area contributed by atoms with Crippen LogP contribution in [0.4, 0.5) is 0 Å². The minimum atomic E-state index is 0.125. The van der Waals surface area contributed by atoms with Crippen molar-refractivity contribution in [2.75, 3.05) is 11.5 Å². The van der Waals surface area contributed by atoms with Gasteiger partial charge in [0.05, 0.1) is 6.10 Å². The van der Waals surface area contributed by atoms with E-state index in [4.69, 9.17) is 4.74 Å². The van der Waals surface area contributed by atoms with Gasteiger partial charge in [0, 0.05) is 16.8 Å². The van der Waals surface area contributed by atoms with Crippen LogP contribution in [0.1, 0.15) is 25.7 Å². The lowest BCUT2D eigenvalue weighted by Gasteiger charge is -2.22. The highest BCUT2D eigenvalue weighted by Gasteiger charge is 2.50. The van der Waals surface area contributed by atoms with E-state index in [-0.39, 0.29) is 3.60 Å². The van der Waals surface area contributed by atoms with Gasteiger partial charge in [-0.2, -0.15) is 0 Å². The van der Waals surface area contributed by atoms with E-state index in [1.54, 1.807) is 0 Å². The van der Waals surface area contributed by atoms with Crippen LogP contribution in [0.2, 0.25) is 0 Å². The highest BCUT2D eigenvalue weighted by atomic mass is 32.3. The third-order valence-corrected chi connectivity index (χ3v) is 8.07. The van der Waals surface area contributed by atoms with Crippen LogP contribution in [0.5, 0.6) is 0 Å². The Bertz CT molecular complexity index is 187. The molecule has 2 heterocycles. The summed E-state index contributed by atoms with van der Waals surface area (Å²) in [7, 11) is 0. The van der Waals surface area contributed by atoms with E-state index in [1.807, 2.05) is 23.5 Å². The van der Waals surface area contributed by atoms with Crippen LogP contribution < -0.4 is 0 Å². The van der Waals surface area contributed by atoms with Crippen molar-refractivity contribution < 1.29 is 4.74 Å². The van der Waals surface area contributed by atoms with Gasteiger partial charge in [0.25, 0.3) is 0 Å². The Hall–Kier alpha value is 1.01. The van der Waals surface area contributed by atoms with E-state index in [2.05, 4.69) is 11.8 Å². The Labute approximate surface area is 92.1 Å². The fraction of sp³-hybridized carbons (Fsp3) is 1.00. The lowest BCUT2D eigenvalue weighted by Crippen LogP contribution is -2.24. The highest BCUT2D eigenvalue weighted by Crippen LogP contribution is 2.61. The molecule has 2 unspecified atom stereocenters. The molecule has 74 valence electrons. The standard InChI is InChI=1S/C9H14OS3/c1-2-4-8-7(3-1)10-9(13-8)11-5-6-12-9/h7-8H,1-6H2. The van der Waals surface area contributed by atoms with E-state index in [0.29, 0.717) is 6.10 Å². The molecule has 1 saturated carbocycles. The Balaban J connectivity index is 1.74. The fourth-order valence-corrected chi connectivity index (χ4v) is 7.59. The average Bonchev–Trinajstić information content (AvgIpc) is 2.72. The maximum absolute atomic E-state index is 6.20. The topological polar surface area (TPSA) is 9.23 Å². The van der Waals surface area contributed by atoms with Gasteiger partial charge in [-0.05, 0) is 12.8 Å². The number of hydrogen-bond donors (Lipinski definition) is 0. The third kappa shape index (κ3) is 1.64. The molecule has 1 aliphatic carbocycles. The number of hydrogen-bond acceptors (Lipinski definition) is 4. The van der Waals surface area contributed by atoms with Crippen molar-refractivity contribution in [2.24, 2.45) is 0 Å². The molecule has 0 aromatic rings. The molecule has 0 N–H and O–H groups in total. The molecule has 1 nitrogen and oxygen atoms in total. The molecule has 2 atom stereocenters. The van der Waals surface area contributed by atoms with E-state index < -0.39 is 0 Å². The summed E-state index contributed by atoms with van der Waals surface area (Å²) in [5, 5.41) is 0.812. The lowest BCUT2D eigenvalue weighted by atomic mass is 9.97. The number of ether oxygens (including phenoxy) is 1. The quantitative estimate of drug-likeness (QED) is 0.636. The third-order valence-electron chi connectivity index (χ3n) is 2.87. The SMILES string of the molecule is C1CCC2SC3(OC2C1)SCCS3. The highest BCUT2D eigenvalue weighted by molar-refractivity contribution is 8.35. The van der Waals surface area contributed by atoms with E-state index >= 15 is 0 Å². The van der Waals surface area contributed by atoms with Crippen LogP contribution in [0.25, 0.3) is 0 Å². The molecular formula is C9H14OS3. The molecule has 0 aromatic heterocycles. The maximum atomic E-state index is 6.20. The second-order valence-electron chi connectivity index (χ2n) is 3.79. The predicted octanol–water partition coefficient (Wildman–Crippen LogP) is 3.15. The Morgan fingerprint density at radius 1 is 1.08 bits per heavy atom. The van der Waals surface area contributed by atoms with Crippen molar-refractivity contribution >= 4 is 35.3 Å². The number of rotatable bonds is 0. The van der Waals surface area contributed by atoms with Gasteiger partial charge in [-0.15, -0.1) is 23.5 Å². The van der Waals surface area contributed by atoms with Crippen LogP contribution in [0.15, 0.2) is 0 Å². The lowest BCUT2D eigenvalue weighted by molar-refractivity contribution is 0.0580. The van der Waals surface area contributed by atoms with Crippen molar-refractivity contribution in [3.63, 3.8) is 0 Å². The zero-order valence-electron chi connectivity index (χ0n) is 7.53. The molecule has 1 spiro atoms. The summed E-state index contributed by atoms with van der Waals surface area (Å²) in [4.78, 5) is 0. The Morgan fingerprint density at radius 2 is 1.85 bits per heavy atom. The zero-order chi connectivity index (χ0) is 8.73. The molecule has 3 aliphatic rings. The van der Waals surface area contributed by atoms with Crippen LogP contribution in [0.3, 0.4) is 0 Å². The Morgan fingerprint density at radius 3 is 2.62 bits per heavy atom. The Kier molecular flexibility index (Phi) is 2.52. The maximum Gasteiger partial charge on any atom is 0.209 e. The largest absolute Gasteiger partial charge is 0.342 e. The van der Waals surface area contributed by atoms with Crippen LogP contribution >= 0.6 is 35.3 Å². The molecular weight excluding hydrogens is 220 g/mol. The normalized spacial score (nSPS) is 42.5. The van der Waals surface area contributed by atoms with Crippen molar-refractivity contribution in [2.45, 2.75) is 40.6 Å². The van der Waals surface area contributed by atoms with E-state index in [9.17, 15) is 0 Å². The number of fused-ring (bicyclic) bond motifs is 1. The monoisotopic (exact) mass is 234 g/mol. The predicted molar refractivity (Wildman–Crippen MR) is 62.4 cm³/mol. The summed E-state index contributed by atoms with van der Waals surface area (Å²) in [5.74, 6) is 2.55. The molecule has 2 saturated heterocycles. The minimum absolute atomic E-state index is 0.125. The second-order valence-corrected chi connectivity index (χ2v) is 8.53. The molecule has 3 fully saturated rings. The van der Waals surface area contributed by atoms with Crippen LogP contribution in [0, 0.1) is 0 Å². The first-order valence-electron chi connectivity index (χ1n) is 5.02. The summed E-state index contributed by atoms with van der Waals surface area (Å²) in [6.45, 7) is 0. The molecule has 0 amide bonds. The molecule has 0 radical (unpaired) electrons. The van der Waals surface area contributed by atoms with Gasteiger partial charge in [-0.3, -0.25) is 0 Å². The van der Waals surface area contributed by atoms with Gasteiger partial charge in [-0.1, -0.05) is 24.6 Å². The van der Waals surface area contributed by atoms with Gasteiger partial charge in [0.2, 0.25) is 3.60 Å². The first-order chi connectivity index (χ1) is 6.38. The smallest absolute Gasteiger partial charge is 0.209 e. The van der Waals surface area contributed by atoms with Crippen molar-refractivity contribution in [1.82, 2.24) is 0 Å². The van der Waals surface area contributed by atoms with Gasteiger partial charge in [0.15, 0.2) is 0 Å². The molecule has 13 heavy (non-hydrogen) atoms. The molecule has 2 aliphatic heterocycles. The summed E-state index contributed by atoms with van der Waals surface area (Å²) in [6, 6.07) is 0. The van der Waals surface area contributed by atoms with Gasteiger partial charge in [-0.25, -0.2) is 0 Å². The first kappa shape index (κ1) is 9.25. The van der Waals surface area contributed by atoms with Crippen molar-refractivity contribution in [3.05, 3.63) is 0 Å². The summed E-state index contributed by atoms with van der Waals surface area (Å²) in [5.41, 5.74) is 0. The molecule has 4 heteroatoms. The summed E-state index contributed by atoms with van der Waals surface area (Å²) >= 11 is 6.15. The van der Waals surface area contributed by atoms with Gasteiger partial charge in [0.1, 0.15) is 0 Å². The van der Waals surface area contributed by atoms with E-state index in [0.717, 1.165) is 5.25 Å². The average molecular weight is 234 g/mol. The van der Waals surface area contributed by atoms with Gasteiger partial charge < -0.3 is 4.74 Å². The molecule has 3 rings (SSSR count). The number of thioether (sulfide) groups is 3. The van der Waals surface area contributed by atoms with Crippen LogP contribution in [-0.2, 0) is 4.74 Å². The van der Waals surface area contributed by atoms with E-state index in [1.165, 1.54) is 37.2 Å². The van der Waals surface area contributed by atoms with Crippen molar-refractivity contribution in [1.29, 1.82) is 0 Å². The van der Waals surface area contributed by atoms with Crippen molar-refractivity contribution in [3.8, 4) is 0 Å². The zero-order valence-corrected chi connectivity index (χ0v) is 9.98.